The largest absolute Gasteiger partial charge is 0.492 e. The lowest BCUT2D eigenvalue weighted by Gasteiger charge is -2.26. The molecule has 1 aromatic carbocycles. The van der Waals surface area contributed by atoms with E-state index < -0.39 is 0 Å². The van der Waals surface area contributed by atoms with Crippen molar-refractivity contribution in [1.29, 1.82) is 0 Å². The van der Waals surface area contributed by atoms with Gasteiger partial charge in [-0.15, -0.1) is 12.4 Å². The van der Waals surface area contributed by atoms with Crippen LogP contribution in [0.3, 0.4) is 0 Å². The van der Waals surface area contributed by atoms with Crippen LogP contribution in [-0.2, 0) is 16.1 Å². The van der Waals surface area contributed by atoms with Gasteiger partial charge in [0.05, 0.1) is 13.2 Å². The standard InChI is InChI=1S/C19H29N3O3.ClH/c23-19(17-4-6-20-7-5-17)21-15-16-2-1-3-18(14-16)25-13-10-22-8-11-24-12-9-22;/h1-3,14,17,20H,4-13,15H2,(H,21,23);1H. The van der Waals surface area contributed by atoms with Crippen LogP contribution in [0.1, 0.15) is 18.4 Å². The lowest BCUT2D eigenvalue weighted by Crippen LogP contribution is -2.38. The Labute approximate surface area is 162 Å². The Morgan fingerprint density at radius 1 is 1.27 bits per heavy atom. The summed E-state index contributed by atoms with van der Waals surface area (Å²) in [6.07, 6.45) is 1.85. The van der Waals surface area contributed by atoms with E-state index in [1.54, 1.807) is 0 Å². The third-order valence-corrected chi connectivity index (χ3v) is 4.86. The van der Waals surface area contributed by atoms with Gasteiger partial charge < -0.3 is 20.1 Å². The quantitative estimate of drug-likeness (QED) is 0.746. The Hall–Kier alpha value is -1.34. The van der Waals surface area contributed by atoms with Crippen LogP contribution < -0.4 is 15.4 Å². The summed E-state index contributed by atoms with van der Waals surface area (Å²) in [5.41, 5.74) is 1.08. The van der Waals surface area contributed by atoms with Gasteiger partial charge in [0, 0.05) is 32.1 Å². The molecule has 146 valence electrons. The number of nitrogens with one attached hydrogen (secondary N) is 2. The van der Waals surface area contributed by atoms with E-state index >= 15 is 0 Å². The van der Waals surface area contributed by atoms with Crippen molar-refractivity contribution in [2.24, 2.45) is 5.92 Å². The first-order valence-electron chi connectivity index (χ1n) is 9.31. The van der Waals surface area contributed by atoms with E-state index in [1.165, 1.54) is 0 Å². The molecule has 26 heavy (non-hydrogen) atoms. The van der Waals surface area contributed by atoms with Crippen molar-refractivity contribution in [3.8, 4) is 5.75 Å². The zero-order valence-corrected chi connectivity index (χ0v) is 16.1. The highest BCUT2D eigenvalue weighted by Gasteiger charge is 2.20. The number of benzene rings is 1. The van der Waals surface area contributed by atoms with Gasteiger partial charge in [-0.3, -0.25) is 9.69 Å². The summed E-state index contributed by atoms with van der Waals surface area (Å²) in [7, 11) is 0. The smallest absolute Gasteiger partial charge is 0.223 e. The van der Waals surface area contributed by atoms with E-state index in [-0.39, 0.29) is 24.2 Å². The molecule has 7 heteroatoms. The lowest BCUT2D eigenvalue weighted by atomic mass is 9.97. The molecule has 0 saturated carbocycles. The second-order valence-electron chi connectivity index (χ2n) is 6.69. The van der Waals surface area contributed by atoms with Crippen LogP contribution in [0.15, 0.2) is 24.3 Å². The van der Waals surface area contributed by atoms with Gasteiger partial charge >= 0.3 is 0 Å². The van der Waals surface area contributed by atoms with Gasteiger partial charge in [0.1, 0.15) is 12.4 Å². The van der Waals surface area contributed by atoms with Crippen LogP contribution in [0.5, 0.6) is 5.75 Å². The maximum Gasteiger partial charge on any atom is 0.223 e. The molecule has 0 spiro atoms. The maximum absolute atomic E-state index is 12.2. The molecular formula is C19H30ClN3O3. The molecule has 0 bridgehead atoms. The summed E-state index contributed by atoms with van der Waals surface area (Å²) in [6.45, 7) is 7.60. The van der Waals surface area contributed by atoms with E-state index in [0.717, 1.165) is 70.1 Å². The molecule has 1 amide bonds. The Balaban J connectivity index is 0.00000243. The van der Waals surface area contributed by atoms with Crippen molar-refractivity contribution in [3.63, 3.8) is 0 Å². The average Bonchev–Trinajstić information content (AvgIpc) is 2.68. The number of rotatable bonds is 7. The fourth-order valence-electron chi connectivity index (χ4n) is 3.28. The van der Waals surface area contributed by atoms with Crippen molar-refractivity contribution in [2.75, 3.05) is 52.5 Å². The molecule has 0 aromatic heterocycles. The summed E-state index contributed by atoms with van der Waals surface area (Å²) in [4.78, 5) is 14.6. The van der Waals surface area contributed by atoms with E-state index in [4.69, 9.17) is 9.47 Å². The number of hydrogen-bond acceptors (Lipinski definition) is 5. The molecule has 0 aliphatic carbocycles. The number of nitrogens with zero attached hydrogens (tertiary/aromatic N) is 1. The molecule has 6 nitrogen and oxygen atoms in total. The van der Waals surface area contributed by atoms with E-state index in [0.29, 0.717) is 13.2 Å². The molecule has 0 unspecified atom stereocenters. The van der Waals surface area contributed by atoms with E-state index in [9.17, 15) is 4.79 Å². The number of hydrogen-bond donors (Lipinski definition) is 2. The van der Waals surface area contributed by atoms with Gasteiger partial charge in [-0.1, -0.05) is 12.1 Å². The topological polar surface area (TPSA) is 62.8 Å². The SMILES string of the molecule is Cl.O=C(NCc1cccc(OCCN2CCOCC2)c1)C1CCNCC1. The van der Waals surface area contributed by atoms with Crippen LogP contribution in [0.2, 0.25) is 0 Å². The first-order chi connectivity index (χ1) is 12.3. The molecule has 0 atom stereocenters. The number of halogens is 1. The summed E-state index contributed by atoms with van der Waals surface area (Å²) in [5, 5.41) is 6.35. The Bertz CT molecular complexity index is 547. The van der Waals surface area contributed by atoms with Gasteiger partial charge in [-0.2, -0.15) is 0 Å². The molecule has 3 rings (SSSR count). The zero-order chi connectivity index (χ0) is 17.3. The van der Waals surface area contributed by atoms with Crippen LogP contribution in [0, 0.1) is 5.92 Å². The summed E-state index contributed by atoms with van der Waals surface area (Å²) in [6, 6.07) is 7.99. The second kappa shape index (κ2) is 11.4. The van der Waals surface area contributed by atoms with Crippen molar-refractivity contribution in [2.45, 2.75) is 19.4 Å². The predicted molar refractivity (Wildman–Crippen MR) is 104 cm³/mol. The van der Waals surface area contributed by atoms with Gasteiger partial charge in [-0.05, 0) is 43.6 Å². The summed E-state index contributed by atoms with van der Waals surface area (Å²) < 4.78 is 11.2. The first-order valence-corrected chi connectivity index (χ1v) is 9.31. The molecule has 2 heterocycles. The number of carbonyl (C=O) groups excluding carboxylic acids is 1. The fraction of sp³-hybridized carbons (Fsp3) is 0.632. The van der Waals surface area contributed by atoms with Gasteiger partial charge in [0.25, 0.3) is 0 Å². The monoisotopic (exact) mass is 383 g/mol. The van der Waals surface area contributed by atoms with E-state index in [1.807, 2.05) is 24.3 Å². The minimum absolute atomic E-state index is 0. The van der Waals surface area contributed by atoms with E-state index in [2.05, 4.69) is 15.5 Å². The van der Waals surface area contributed by atoms with Crippen molar-refractivity contribution >= 4 is 18.3 Å². The zero-order valence-electron chi connectivity index (χ0n) is 15.2. The predicted octanol–water partition coefficient (Wildman–Crippen LogP) is 1.44. The van der Waals surface area contributed by atoms with Gasteiger partial charge in [-0.25, -0.2) is 0 Å². The molecule has 2 N–H and O–H groups in total. The van der Waals surface area contributed by atoms with Crippen LogP contribution in [-0.4, -0.2) is 63.4 Å². The second-order valence-corrected chi connectivity index (χ2v) is 6.69. The lowest BCUT2D eigenvalue weighted by molar-refractivity contribution is -0.125. The molecule has 2 aliphatic rings. The first kappa shape index (κ1) is 21.0. The summed E-state index contributed by atoms with van der Waals surface area (Å²) in [5.74, 6) is 1.18. The molecule has 0 radical (unpaired) electrons. The van der Waals surface area contributed by atoms with Crippen LogP contribution in [0.4, 0.5) is 0 Å². The van der Waals surface area contributed by atoms with Crippen molar-refractivity contribution < 1.29 is 14.3 Å². The minimum atomic E-state index is 0. The molecule has 2 saturated heterocycles. The molecule has 2 fully saturated rings. The Morgan fingerprint density at radius 3 is 2.81 bits per heavy atom. The number of piperidine rings is 1. The average molecular weight is 384 g/mol. The summed E-state index contributed by atoms with van der Waals surface area (Å²) >= 11 is 0. The third kappa shape index (κ3) is 6.76. The number of ether oxygens (including phenoxy) is 2. The van der Waals surface area contributed by atoms with Crippen LogP contribution >= 0.6 is 12.4 Å². The Kier molecular flexibility index (Phi) is 9.18. The highest BCUT2D eigenvalue weighted by atomic mass is 35.5. The Morgan fingerprint density at radius 2 is 2.04 bits per heavy atom. The minimum Gasteiger partial charge on any atom is -0.492 e. The number of carbonyl (C=O) groups is 1. The van der Waals surface area contributed by atoms with Crippen LogP contribution in [0.25, 0.3) is 0 Å². The number of morpholine rings is 1. The highest BCUT2D eigenvalue weighted by Crippen LogP contribution is 2.15. The molecular weight excluding hydrogens is 354 g/mol. The maximum atomic E-state index is 12.2. The van der Waals surface area contributed by atoms with Crippen molar-refractivity contribution in [1.82, 2.24) is 15.5 Å². The fourth-order valence-corrected chi connectivity index (χ4v) is 3.28. The molecule has 2 aliphatic heterocycles. The van der Waals surface area contributed by atoms with Gasteiger partial charge in [0.2, 0.25) is 5.91 Å². The third-order valence-electron chi connectivity index (χ3n) is 4.86. The van der Waals surface area contributed by atoms with Gasteiger partial charge in [0.15, 0.2) is 0 Å². The molecule has 1 aromatic rings. The highest BCUT2D eigenvalue weighted by molar-refractivity contribution is 5.85. The number of amides is 1. The normalized spacial score (nSPS) is 18.8. The van der Waals surface area contributed by atoms with Crippen molar-refractivity contribution in [3.05, 3.63) is 29.8 Å².